The maximum absolute atomic E-state index is 9.65. The maximum Gasteiger partial charge on any atom is 0.136 e. The zero-order valence-corrected chi connectivity index (χ0v) is 13.3. The van der Waals surface area contributed by atoms with Gasteiger partial charge >= 0.3 is 0 Å². The average Bonchev–Trinajstić information content (AvgIpc) is 3.08. The molecule has 4 heteroatoms. The van der Waals surface area contributed by atoms with E-state index in [2.05, 4.69) is 17.6 Å². The summed E-state index contributed by atoms with van der Waals surface area (Å²) in [4.78, 5) is 6.64. The Morgan fingerprint density at radius 1 is 1.30 bits per heavy atom. The normalized spacial score (nSPS) is 15.3. The molecular weight excluding hydrogens is 302 g/mol. The van der Waals surface area contributed by atoms with Gasteiger partial charge in [-0.25, -0.2) is 4.98 Å². The molecule has 0 fully saturated rings. The van der Waals surface area contributed by atoms with Crippen molar-refractivity contribution in [2.75, 3.05) is 6.54 Å². The van der Waals surface area contributed by atoms with Gasteiger partial charge in [0.1, 0.15) is 16.6 Å². The van der Waals surface area contributed by atoms with E-state index in [-0.39, 0.29) is 0 Å². The lowest BCUT2D eigenvalue weighted by molar-refractivity contribution is 0.532. The number of rotatable bonds is 4. The third-order valence-corrected chi connectivity index (χ3v) is 4.28. The smallest absolute Gasteiger partial charge is 0.136 e. The van der Waals surface area contributed by atoms with E-state index in [4.69, 9.17) is 0 Å². The number of hydrogen-bond donors (Lipinski definition) is 0. The van der Waals surface area contributed by atoms with Crippen molar-refractivity contribution in [1.82, 2.24) is 9.88 Å². The summed E-state index contributed by atoms with van der Waals surface area (Å²) in [5.74, 6) is 0. The second-order valence-electron chi connectivity index (χ2n) is 4.92. The van der Waals surface area contributed by atoms with Crippen molar-refractivity contribution in [2.45, 2.75) is 0 Å². The first-order chi connectivity index (χ1) is 11.3. The molecule has 23 heavy (non-hydrogen) atoms. The topological polar surface area (TPSA) is 39.9 Å². The van der Waals surface area contributed by atoms with Crippen molar-refractivity contribution in [2.24, 2.45) is 0 Å². The lowest BCUT2D eigenvalue weighted by Gasteiger charge is -2.22. The average molecular weight is 317 g/mol. The Balaban J connectivity index is 2.02. The van der Waals surface area contributed by atoms with Gasteiger partial charge in [-0.05, 0) is 12.2 Å². The highest BCUT2D eigenvalue weighted by atomic mass is 32.1. The SMILES string of the molecule is C=CCN1C=CC=C/C1=C(/C#N)c1nc(-c2ccccc2)cs1. The zero-order chi connectivity index (χ0) is 16.1. The van der Waals surface area contributed by atoms with Crippen LogP contribution in [0.3, 0.4) is 0 Å². The summed E-state index contributed by atoms with van der Waals surface area (Å²) in [6.45, 7) is 4.42. The van der Waals surface area contributed by atoms with Gasteiger partial charge in [0.2, 0.25) is 0 Å². The van der Waals surface area contributed by atoms with Crippen molar-refractivity contribution < 1.29 is 0 Å². The molecule has 2 heterocycles. The molecule has 2 aromatic rings. The molecule has 0 saturated carbocycles. The van der Waals surface area contributed by atoms with Crippen LogP contribution in [0.15, 0.2) is 78.5 Å². The largest absolute Gasteiger partial charge is 0.343 e. The number of aromatic nitrogens is 1. The maximum atomic E-state index is 9.65. The fourth-order valence-corrected chi connectivity index (χ4v) is 3.18. The summed E-state index contributed by atoms with van der Waals surface area (Å²) in [7, 11) is 0. The standard InChI is InChI=1S/C19H15N3S/c1-2-11-22-12-7-6-10-18(22)16(13-20)19-21-17(14-23-19)15-8-4-3-5-9-15/h2-10,12,14H,1,11H2/b18-16+. The molecule has 1 aliphatic rings. The van der Waals surface area contributed by atoms with E-state index in [1.807, 2.05) is 71.1 Å². The highest BCUT2D eigenvalue weighted by Crippen LogP contribution is 2.29. The van der Waals surface area contributed by atoms with E-state index in [0.29, 0.717) is 12.1 Å². The molecule has 1 aromatic carbocycles. The van der Waals surface area contributed by atoms with Crippen LogP contribution >= 0.6 is 11.3 Å². The van der Waals surface area contributed by atoms with Crippen LogP contribution in [0.25, 0.3) is 16.8 Å². The fourth-order valence-electron chi connectivity index (χ4n) is 2.35. The fraction of sp³-hybridized carbons (Fsp3) is 0.0526. The summed E-state index contributed by atoms with van der Waals surface area (Å²) in [6.07, 6.45) is 9.57. The molecule has 0 N–H and O–H groups in total. The first kappa shape index (κ1) is 15.0. The Hall–Kier alpha value is -2.90. The van der Waals surface area contributed by atoms with Crippen LogP contribution in [-0.2, 0) is 0 Å². The second-order valence-corrected chi connectivity index (χ2v) is 5.78. The summed E-state index contributed by atoms with van der Waals surface area (Å²) < 4.78 is 0. The van der Waals surface area contributed by atoms with E-state index in [9.17, 15) is 5.26 Å². The molecule has 1 aliphatic heterocycles. The van der Waals surface area contributed by atoms with Crippen LogP contribution in [-0.4, -0.2) is 16.4 Å². The molecule has 0 amide bonds. The molecule has 112 valence electrons. The predicted octanol–water partition coefficient (Wildman–Crippen LogP) is 4.62. The molecule has 0 radical (unpaired) electrons. The van der Waals surface area contributed by atoms with E-state index < -0.39 is 0 Å². The summed E-state index contributed by atoms with van der Waals surface area (Å²) in [5.41, 5.74) is 3.38. The number of benzene rings is 1. The van der Waals surface area contributed by atoms with E-state index in [0.717, 1.165) is 22.0 Å². The van der Waals surface area contributed by atoms with Gasteiger partial charge in [-0.15, -0.1) is 17.9 Å². The Kier molecular flexibility index (Phi) is 4.51. The monoisotopic (exact) mass is 317 g/mol. The number of nitriles is 1. The van der Waals surface area contributed by atoms with Crippen LogP contribution in [0.2, 0.25) is 0 Å². The van der Waals surface area contributed by atoms with E-state index in [1.54, 1.807) is 0 Å². The van der Waals surface area contributed by atoms with Crippen molar-refractivity contribution >= 4 is 16.9 Å². The number of allylic oxidation sites excluding steroid dienone is 4. The highest BCUT2D eigenvalue weighted by molar-refractivity contribution is 7.11. The lowest BCUT2D eigenvalue weighted by Crippen LogP contribution is -2.18. The molecular formula is C19H15N3S. The minimum absolute atomic E-state index is 0.583. The van der Waals surface area contributed by atoms with Crippen molar-refractivity contribution in [3.63, 3.8) is 0 Å². The van der Waals surface area contributed by atoms with Gasteiger partial charge in [0.25, 0.3) is 0 Å². The van der Waals surface area contributed by atoms with Gasteiger partial charge in [-0.1, -0.05) is 42.5 Å². The highest BCUT2D eigenvalue weighted by Gasteiger charge is 2.17. The van der Waals surface area contributed by atoms with Crippen LogP contribution in [0, 0.1) is 11.3 Å². The molecule has 0 bridgehead atoms. The summed E-state index contributed by atoms with van der Waals surface area (Å²) in [5, 5.41) is 12.4. The molecule has 3 rings (SSSR count). The Morgan fingerprint density at radius 2 is 2.13 bits per heavy atom. The van der Waals surface area contributed by atoms with Gasteiger partial charge in [0, 0.05) is 23.7 Å². The van der Waals surface area contributed by atoms with Gasteiger partial charge in [-0.2, -0.15) is 5.26 Å². The summed E-state index contributed by atoms with van der Waals surface area (Å²) in [6, 6.07) is 12.3. The number of hydrogen-bond acceptors (Lipinski definition) is 4. The van der Waals surface area contributed by atoms with Crippen LogP contribution in [0.5, 0.6) is 0 Å². The van der Waals surface area contributed by atoms with E-state index >= 15 is 0 Å². The van der Waals surface area contributed by atoms with Crippen molar-refractivity contribution in [3.05, 3.63) is 83.5 Å². The molecule has 1 aromatic heterocycles. The van der Waals surface area contributed by atoms with Crippen molar-refractivity contribution in [3.8, 4) is 17.3 Å². The quantitative estimate of drug-likeness (QED) is 0.610. The van der Waals surface area contributed by atoms with Gasteiger partial charge in [0.15, 0.2) is 0 Å². The lowest BCUT2D eigenvalue weighted by atomic mass is 10.1. The molecule has 0 unspecified atom stereocenters. The Bertz CT molecular complexity index is 835. The first-order valence-corrected chi connectivity index (χ1v) is 8.09. The number of nitrogens with zero attached hydrogens (tertiary/aromatic N) is 3. The molecule has 0 aliphatic carbocycles. The van der Waals surface area contributed by atoms with Crippen LogP contribution in [0.1, 0.15) is 5.01 Å². The van der Waals surface area contributed by atoms with E-state index in [1.165, 1.54) is 11.3 Å². The van der Waals surface area contributed by atoms with Crippen LogP contribution < -0.4 is 0 Å². The number of thiazole rings is 1. The second kappa shape index (κ2) is 6.91. The van der Waals surface area contributed by atoms with Gasteiger partial charge < -0.3 is 4.90 Å². The minimum Gasteiger partial charge on any atom is -0.343 e. The molecule has 0 atom stereocenters. The van der Waals surface area contributed by atoms with Gasteiger partial charge in [0.05, 0.1) is 11.4 Å². The third-order valence-electron chi connectivity index (χ3n) is 3.42. The predicted molar refractivity (Wildman–Crippen MR) is 95.3 cm³/mol. The van der Waals surface area contributed by atoms with Crippen molar-refractivity contribution in [1.29, 1.82) is 5.26 Å². The zero-order valence-electron chi connectivity index (χ0n) is 12.5. The minimum atomic E-state index is 0.583. The first-order valence-electron chi connectivity index (χ1n) is 7.21. The summed E-state index contributed by atoms with van der Waals surface area (Å²) >= 11 is 1.49. The van der Waals surface area contributed by atoms with Gasteiger partial charge in [-0.3, -0.25) is 0 Å². The Labute approximate surface area is 139 Å². The molecule has 0 saturated heterocycles. The Morgan fingerprint density at radius 3 is 2.87 bits per heavy atom. The molecule has 3 nitrogen and oxygen atoms in total. The van der Waals surface area contributed by atoms with Crippen LogP contribution in [0.4, 0.5) is 0 Å². The third kappa shape index (κ3) is 3.15. The molecule has 0 spiro atoms.